The second kappa shape index (κ2) is 15.2. The van der Waals surface area contributed by atoms with Crippen molar-refractivity contribution in [1.29, 1.82) is 0 Å². The summed E-state index contributed by atoms with van der Waals surface area (Å²) >= 11 is 0. The molecule has 0 saturated heterocycles. The third-order valence-corrected chi connectivity index (χ3v) is 17.9. The van der Waals surface area contributed by atoms with Crippen LogP contribution in [0.1, 0.15) is 0 Å². The molecule has 0 unspecified atom stereocenters. The van der Waals surface area contributed by atoms with Gasteiger partial charge in [-0.25, -0.2) is 0 Å². The highest BCUT2D eigenvalue weighted by molar-refractivity contribution is 7.20. The van der Waals surface area contributed by atoms with E-state index in [0.29, 0.717) is 0 Å². The Morgan fingerprint density at radius 3 is 1.38 bits per heavy atom. The van der Waals surface area contributed by atoms with Gasteiger partial charge in [0.05, 0.1) is 27.8 Å². The van der Waals surface area contributed by atoms with E-state index in [9.17, 15) is 0 Å². The molecule has 0 aliphatic rings. The lowest BCUT2D eigenvalue weighted by molar-refractivity contribution is 1.17. The molecule has 0 N–H and O–H groups in total. The third-order valence-electron chi connectivity index (χ3n) is 13.0. The van der Waals surface area contributed by atoms with Gasteiger partial charge in [0, 0.05) is 27.2 Å². The predicted octanol–water partition coefficient (Wildman–Crippen LogP) is 12.6. The van der Waals surface area contributed by atoms with Crippen LogP contribution in [0.3, 0.4) is 0 Å². The van der Waals surface area contributed by atoms with Crippen LogP contribution in [-0.2, 0) is 0 Å². The minimum atomic E-state index is -2.95. The van der Waals surface area contributed by atoms with Gasteiger partial charge in [-0.05, 0) is 85.5 Å². The summed E-state index contributed by atoms with van der Waals surface area (Å²) in [6.07, 6.45) is 0. The lowest BCUT2D eigenvalue weighted by Crippen LogP contribution is -2.75. The van der Waals surface area contributed by atoms with Crippen LogP contribution in [-0.4, -0.2) is 17.2 Å². The minimum absolute atomic E-state index is 1.13. The second-order valence-corrected chi connectivity index (χ2v) is 20.2. The van der Waals surface area contributed by atoms with Crippen LogP contribution in [0.5, 0.6) is 0 Å². The van der Waals surface area contributed by atoms with Gasteiger partial charge in [-0.2, -0.15) is 0 Å². The van der Waals surface area contributed by atoms with Crippen LogP contribution in [0, 0.1) is 0 Å². The number of rotatable bonds is 8. The molecule has 2 nitrogen and oxygen atoms in total. The molecular formula is C60H42N2Si. The Labute approximate surface area is 368 Å². The summed E-state index contributed by atoms with van der Waals surface area (Å²) in [6, 6.07) is 94.3. The van der Waals surface area contributed by atoms with Crippen LogP contribution in [0.2, 0.25) is 0 Å². The first kappa shape index (κ1) is 36.8. The normalized spacial score (nSPS) is 11.8. The van der Waals surface area contributed by atoms with E-state index in [1.807, 2.05) is 0 Å². The monoisotopic (exact) mass is 818 g/mol. The lowest BCUT2D eigenvalue weighted by Gasteiger charge is -2.35. The van der Waals surface area contributed by atoms with Gasteiger partial charge in [-0.3, -0.25) is 0 Å². The summed E-state index contributed by atoms with van der Waals surface area (Å²) in [5.41, 5.74) is 11.9. The summed E-state index contributed by atoms with van der Waals surface area (Å²) in [4.78, 5) is 0. The standard InChI is InChI=1S/C60H42N2Si/c1-5-21-43(22-6-1)44-23-17-24-45(41-44)46-25-18-26-47(42-46)61-55-37-16-14-34-53(55)59-56(61)38-20-39-57(59)62-54-36-15-13-33-51(54)52-35-19-40-58(60(52)62)63(48-27-7-2-8-28-48,49-29-9-3-10-30-49)50-31-11-4-12-32-50/h1-42H. The topological polar surface area (TPSA) is 9.86 Å². The zero-order valence-electron chi connectivity index (χ0n) is 34.6. The number of aromatic nitrogens is 2. The van der Waals surface area contributed by atoms with Crippen molar-refractivity contribution in [2.75, 3.05) is 0 Å². The highest BCUT2D eigenvalue weighted by atomic mass is 28.3. The molecule has 296 valence electrons. The number of fused-ring (bicyclic) bond motifs is 6. The molecule has 0 spiro atoms. The molecule has 2 heterocycles. The van der Waals surface area contributed by atoms with Gasteiger partial charge >= 0.3 is 0 Å². The fraction of sp³-hybridized carbons (Fsp3) is 0. The summed E-state index contributed by atoms with van der Waals surface area (Å²) in [5, 5.41) is 10.4. The highest BCUT2D eigenvalue weighted by Gasteiger charge is 2.43. The molecule has 0 aliphatic carbocycles. The zero-order valence-corrected chi connectivity index (χ0v) is 35.6. The van der Waals surface area contributed by atoms with Crippen molar-refractivity contribution in [3.05, 3.63) is 255 Å². The van der Waals surface area contributed by atoms with Gasteiger partial charge in [0.25, 0.3) is 0 Å². The minimum Gasteiger partial charge on any atom is -0.309 e. The highest BCUT2D eigenvalue weighted by Crippen LogP contribution is 2.40. The van der Waals surface area contributed by atoms with Crippen molar-refractivity contribution in [1.82, 2.24) is 9.13 Å². The van der Waals surface area contributed by atoms with Gasteiger partial charge in [0.15, 0.2) is 8.07 Å². The third kappa shape index (κ3) is 5.85. The number of para-hydroxylation sites is 3. The first-order valence-corrected chi connectivity index (χ1v) is 23.8. The Morgan fingerprint density at radius 1 is 0.286 bits per heavy atom. The second-order valence-electron chi connectivity index (χ2n) is 16.4. The summed E-state index contributed by atoms with van der Waals surface area (Å²) < 4.78 is 5.06. The number of benzene rings is 10. The van der Waals surface area contributed by atoms with E-state index >= 15 is 0 Å². The molecule has 0 amide bonds. The molecule has 0 radical (unpaired) electrons. The number of hydrogen-bond acceptors (Lipinski definition) is 0. The first-order chi connectivity index (χ1) is 31.3. The average Bonchev–Trinajstić information content (AvgIpc) is 3.89. The first-order valence-electron chi connectivity index (χ1n) is 21.8. The van der Waals surface area contributed by atoms with Crippen LogP contribution in [0.15, 0.2) is 255 Å². The summed E-state index contributed by atoms with van der Waals surface area (Å²) in [7, 11) is -2.95. The van der Waals surface area contributed by atoms with Crippen LogP contribution >= 0.6 is 0 Å². The molecule has 0 bridgehead atoms. The van der Waals surface area contributed by atoms with Crippen LogP contribution in [0.4, 0.5) is 0 Å². The Morgan fingerprint density at radius 2 is 0.730 bits per heavy atom. The molecule has 0 atom stereocenters. The maximum atomic E-state index is 2.60. The predicted molar refractivity (Wildman–Crippen MR) is 270 cm³/mol. The molecule has 12 aromatic rings. The fourth-order valence-electron chi connectivity index (χ4n) is 10.4. The Kier molecular flexibility index (Phi) is 8.87. The van der Waals surface area contributed by atoms with E-state index in [1.165, 1.54) is 92.3 Å². The molecule has 12 rings (SSSR count). The van der Waals surface area contributed by atoms with Gasteiger partial charge in [0.2, 0.25) is 0 Å². The van der Waals surface area contributed by atoms with E-state index in [1.54, 1.807) is 0 Å². The Bertz CT molecular complexity index is 3510. The molecule has 0 aliphatic heterocycles. The summed E-state index contributed by atoms with van der Waals surface area (Å²) in [5.74, 6) is 0. The van der Waals surface area contributed by atoms with Gasteiger partial charge in [-0.1, -0.05) is 212 Å². The van der Waals surface area contributed by atoms with E-state index in [0.717, 1.165) is 5.69 Å². The number of nitrogens with zero attached hydrogens (tertiary/aromatic N) is 2. The van der Waals surface area contributed by atoms with E-state index in [-0.39, 0.29) is 0 Å². The van der Waals surface area contributed by atoms with Crippen molar-refractivity contribution < 1.29 is 0 Å². The molecule has 10 aromatic carbocycles. The van der Waals surface area contributed by atoms with Crippen molar-refractivity contribution >= 4 is 72.4 Å². The number of hydrogen-bond donors (Lipinski definition) is 0. The summed E-state index contributed by atoms with van der Waals surface area (Å²) in [6.45, 7) is 0. The van der Waals surface area contributed by atoms with E-state index < -0.39 is 8.07 Å². The quantitative estimate of drug-likeness (QED) is 0.107. The van der Waals surface area contributed by atoms with Gasteiger partial charge < -0.3 is 9.13 Å². The maximum absolute atomic E-state index is 2.95. The maximum Gasteiger partial charge on any atom is 0.181 e. The van der Waals surface area contributed by atoms with E-state index in [4.69, 9.17) is 0 Å². The fourth-order valence-corrected chi connectivity index (χ4v) is 15.4. The molecule has 3 heteroatoms. The smallest absolute Gasteiger partial charge is 0.181 e. The van der Waals surface area contributed by atoms with Crippen molar-refractivity contribution in [2.24, 2.45) is 0 Å². The SMILES string of the molecule is c1ccc(-c2cccc(-c3cccc(-n4c5ccccc5c5c(-n6c7ccccc7c7cccc([Si](c8ccccc8)(c8ccccc8)c8ccccc8)c76)cccc54)c3)c2)cc1. The van der Waals surface area contributed by atoms with Gasteiger partial charge in [-0.15, -0.1) is 0 Å². The van der Waals surface area contributed by atoms with Crippen molar-refractivity contribution in [2.45, 2.75) is 0 Å². The van der Waals surface area contributed by atoms with Crippen LogP contribution < -0.4 is 20.7 Å². The lowest BCUT2D eigenvalue weighted by atomic mass is 9.99. The van der Waals surface area contributed by atoms with E-state index in [2.05, 4.69) is 264 Å². The van der Waals surface area contributed by atoms with Crippen LogP contribution in [0.25, 0.3) is 77.2 Å². The molecule has 0 fully saturated rings. The Hall–Kier alpha value is -7.98. The molecule has 0 saturated carbocycles. The van der Waals surface area contributed by atoms with Crippen molar-refractivity contribution in [3.8, 4) is 33.6 Å². The largest absolute Gasteiger partial charge is 0.309 e. The zero-order chi connectivity index (χ0) is 41.7. The Balaban J connectivity index is 1.16. The molecule has 2 aromatic heterocycles. The van der Waals surface area contributed by atoms with Gasteiger partial charge in [0.1, 0.15) is 0 Å². The average molecular weight is 819 g/mol. The van der Waals surface area contributed by atoms with Crippen molar-refractivity contribution in [3.63, 3.8) is 0 Å². The molecular weight excluding hydrogens is 777 g/mol. The molecule has 63 heavy (non-hydrogen) atoms.